The Labute approximate surface area is 477 Å². The fourth-order valence-electron chi connectivity index (χ4n) is 17.8. The summed E-state index contributed by atoms with van der Waals surface area (Å²) in [5.74, 6) is -0.212. The molecule has 3 saturated heterocycles. The SMILES string of the molecule is CC(=O)[C@]12CCC(C)(C)CC1C1=CCC3C4(C)CC[C@H](O[C@@H]5OC(C)[C@H](O)[C@H](O[C@@H]6OC[C@H](C)[C@H](C)C6C)C5O[C@@H]5OC(COCc6ccccc6)[C@H](C)[C@H](C)C5OC(=O)c5ccccc5)[C@](C)(C=O)[C@@H]4CCC3(C)C1(C)CC2O. The highest BCUT2D eigenvalue weighted by atomic mass is 16.8. The van der Waals surface area contributed by atoms with Crippen LogP contribution in [0.3, 0.4) is 0 Å². The number of aldehydes is 1. The fraction of sp³-hybridized carbons (Fsp3) is 0.746. The molecule has 0 spiro atoms. The molecule has 0 bridgehead atoms. The maximum Gasteiger partial charge on any atom is 0.338 e. The van der Waals surface area contributed by atoms with Crippen LogP contribution in [-0.4, -0.2) is 109 Å². The fourth-order valence-corrected chi connectivity index (χ4v) is 17.8. The van der Waals surface area contributed by atoms with Crippen LogP contribution in [0, 0.1) is 79.8 Å². The Morgan fingerprint density at radius 2 is 1.39 bits per heavy atom. The maximum atomic E-state index is 14.3. The average molecular weight is 1110 g/mol. The number of hydrogen-bond acceptors (Lipinski definition) is 13. The van der Waals surface area contributed by atoms with E-state index < -0.39 is 84.5 Å². The zero-order chi connectivity index (χ0) is 57.5. The van der Waals surface area contributed by atoms with E-state index in [1.54, 1.807) is 38.1 Å². The van der Waals surface area contributed by atoms with Gasteiger partial charge in [0.25, 0.3) is 0 Å². The summed E-state index contributed by atoms with van der Waals surface area (Å²) in [5.41, 5.74) is 0.274. The topological polar surface area (TPSA) is 166 Å². The van der Waals surface area contributed by atoms with Gasteiger partial charge < -0.3 is 52.9 Å². The number of ketones is 1. The lowest BCUT2D eigenvalue weighted by Crippen LogP contribution is -2.68. The number of esters is 1. The van der Waals surface area contributed by atoms with Gasteiger partial charge in [-0.3, -0.25) is 4.79 Å². The molecule has 4 saturated carbocycles. The molecule has 0 radical (unpaired) electrons. The van der Waals surface area contributed by atoms with Crippen LogP contribution in [0.1, 0.15) is 164 Å². The monoisotopic (exact) mass is 1110 g/mol. The van der Waals surface area contributed by atoms with Gasteiger partial charge in [0.2, 0.25) is 0 Å². The van der Waals surface area contributed by atoms with Crippen LogP contribution in [0.25, 0.3) is 0 Å². The first kappa shape index (κ1) is 59.8. The third-order valence-corrected chi connectivity index (χ3v) is 23.7. The van der Waals surface area contributed by atoms with E-state index in [0.29, 0.717) is 44.0 Å². The van der Waals surface area contributed by atoms with Crippen LogP contribution in [0.15, 0.2) is 72.3 Å². The van der Waals surface area contributed by atoms with E-state index in [4.69, 9.17) is 37.9 Å². The molecule has 0 amide bonds. The molecular formula is C67H96O13. The molecule has 11 unspecified atom stereocenters. The summed E-state index contributed by atoms with van der Waals surface area (Å²) in [7, 11) is 0. The number of allylic oxidation sites excluding steroid dienone is 2. The molecule has 2 aromatic carbocycles. The zero-order valence-electron chi connectivity index (χ0n) is 50.3. The van der Waals surface area contributed by atoms with E-state index in [1.807, 2.05) is 43.3 Å². The van der Waals surface area contributed by atoms with Crippen molar-refractivity contribution in [3.63, 3.8) is 0 Å². The van der Waals surface area contributed by atoms with Gasteiger partial charge in [-0.15, -0.1) is 0 Å². The lowest BCUT2D eigenvalue weighted by molar-refractivity contribution is -0.385. The number of carbonyl (C=O) groups excluding carboxylic acids is 3. The van der Waals surface area contributed by atoms with Gasteiger partial charge in [0.05, 0.1) is 60.6 Å². The number of aliphatic hydroxyl groups excluding tert-OH is 2. The van der Waals surface area contributed by atoms with E-state index >= 15 is 0 Å². The molecule has 13 heteroatoms. The standard InChI is InChI=1S/C67H96O13/c1-38-34-74-59(42(5)39(38)2)79-56-54(71)43(6)75-61(57(56)80-60-55(78-58(72)46-22-18-15-19-23-46)41(4)40(3)49(76-60)36-73-35-45-20-16-14-17-21-45)77-53-27-28-63(10)50(64(53,11)37-68)26-29-65(12)51(63)25-24-47-48-32-62(8,9)30-31-67(48,44(7)69)52(70)33-66(47,65)13/h14-24,37-43,48-57,59-61,70-71H,25-36H2,1-13H3/t38-,39-,40+,41-,42?,43?,48?,49?,50+,51?,52?,53-,54-,55?,56-,57?,59-,60-,61-,63?,64+,65?,66?,67+/m0/s1. The minimum absolute atomic E-state index is 0.0138. The summed E-state index contributed by atoms with van der Waals surface area (Å²) >= 11 is 0. The van der Waals surface area contributed by atoms with Gasteiger partial charge in [0.15, 0.2) is 25.0 Å². The molecule has 8 aliphatic rings. The van der Waals surface area contributed by atoms with Crippen molar-refractivity contribution in [3.05, 3.63) is 83.4 Å². The zero-order valence-corrected chi connectivity index (χ0v) is 50.3. The van der Waals surface area contributed by atoms with Gasteiger partial charge in [-0.25, -0.2) is 4.79 Å². The Balaban J connectivity index is 0.974. The molecule has 7 fully saturated rings. The lowest BCUT2D eigenvalue weighted by Gasteiger charge is -2.71. The van der Waals surface area contributed by atoms with Crippen molar-refractivity contribution < 1.29 is 62.5 Å². The third kappa shape index (κ3) is 10.2. The largest absolute Gasteiger partial charge is 0.453 e. The number of aliphatic hydroxyl groups is 2. The second-order valence-corrected chi connectivity index (χ2v) is 28.5. The van der Waals surface area contributed by atoms with Crippen molar-refractivity contribution in [1.29, 1.82) is 0 Å². The maximum absolute atomic E-state index is 14.3. The summed E-state index contributed by atoms with van der Waals surface area (Å²) in [6.07, 6.45) is 0.458. The van der Waals surface area contributed by atoms with Gasteiger partial charge in [-0.1, -0.05) is 136 Å². The highest BCUT2D eigenvalue weighted by Crippen LogP contribution is 2.76. The van der Waals surface area contributed by atoms with Crippen LogP contribution in [0.4, 0.5) is 0 Å². The van der Waals surface area contributed by atoms with Gasteiger partial charge in [0.1, 0.15) is 30.4 Å². The summed E-state index contributed by atoms with van der Waals surface area (Å²) < 4.78 is 54.7. The van der Waals surface area contributed by atoms with E-state index in [-0.39, 0.29) is 75.5 Å². The molecule has 3 heterocycles. The highest BCUT2D eigenvalue weighted by molar-refractivity contribution is 5.89. The molecule has 10 rings (SSSR count). The van der Waals surface area contributed by atoms with Crippen LogP contribution in [0.5, 0.6) is 0 Å². The highest BCUT2D eigenvalue weighted by Gasteiger charge is 2.71. The molecule has 3 aliphatic heterocycles. The molecule has 13 nitrogen and oxygen atoms in total. The van der Waals surface area contributed by atoms with E-state index in [0.717, 1.165) is 50.4 Å². The predicted octanol–water partition coefficient (Wildman–Crippen LogP) is 11.5. The summed E-state index contributed by atoms with van der Waals surface area (Å²) in [5, 5.41) is 24.8. The number of Topliss-reactive ketones (excluding diaryl/α,β-unsaturated/α-hetero) is 1. The molecule has 2 aromatic rings. The van der Waals surface area contributed by atoms with Gasteiger partial charge in [-0.2, -0.15) is 0 Å². The van der Waals surface area contributed by atoms with E-state index in [1.165, 1.54) is 5.57 Å². The van der Waals surface area contributed by atoms with E-state index in [9.17, 15) is 24.6 Å². The van der Waals surface area contributed by atoms with Crippen LogP contribution >= 0.6 is 0 Å². The van der Waals surface area contributed by atoms with Gasteiger partial charge >= 0.3 is 5.97 Å². The Bertz CT molecular complexity index is 2560. The normalized spacial score (nSPS) is 47.0. The lowest BCUT2D eigenvalue weighted by atomic mass is 9.33. The van der Waals surface area contributed by atoms with Crippen molar-refractivity contribution >= 4 is 18.0 Å². The Kier molecular flexibility index (Phi) is 16.9. The smallest absolute Gasteiger partial charge is 0.338 e. The quantitative estimate of drug-likeness (QED) is 0.0795. The van der Waals surface area contributed by atoms with Crippen molar-refractivity contribution in [1.82, 2.24) is 0 Å². The number of carbonyl (C=O) groups is 3. The summed E-state index contributed by atoms with van der Waals surface area (Å²) in [4.78, 5) is 42.2. The molecule has 0 aromatic heterocycles. The molecule has 80 heavy (non-hydrogen) atoms. The number of hydrogen-bond donors (Lipinski definition) is 2. The Morgan fingerprint density at radius 3 is 2.08 bits per heavy atom. The predicted molar refractivity (Wildman–Crippen MR) is 302 cm³/mol. The molecule has 24 atom stereocenters. The van der Waals surface area contributed by atoms with Gasteiger partial charge in [0, 0.05) is 11.8 Å². The van der Waals surface area contributed by atoms with Crippen LogP contribution < -0.4 is 0 Å². The summed E-state index contributed by atoms with van der Waals surface area (Å²) in [6.45, 7) is 29.1. The number of fused-ring (bicyclic) bond motifs is 7. The van der Waals surface area contributed by atoms with Crippen LogP contribution in [0.2, 0.25) is 0 Å². The molecule has 442 valence electrons. The minimum Gasteiger partial charge on any atom is -0.453 e. The van der Waals surface area contributed by atoms with Crippen LogP contribution in [-0.2, 0) is 54.1 Å². The number of rotatable bonds is 14. The van der Waals surface area contributed by atoms with E-state index in [2.05, 4.69) is 75.3 Å². The average Bonchev–Trinajstić information content (AvgIpc) is 3.45. The van der Waals surface area contributed by atoms with Crippen molar-refractivity contribution in [2.75, 3.05) is 13.2 Å². The first-order chi connectivity index (χ1) is 37.8. The molecular weight excluding hydrogens is 1010 g/mol. The van der Waals surface area contributed by atoms with Crippen molar-refractivity contribution in [3.8, 4) is 0 Å². The Hall–Kier alpha value is -3.37. The number of ether oxygens (including phenoxy) is 8. The first-order valence-electron chi connectivity index (χ1n) is 30.6. The second kappa shape index (κ2) is 22.6. The first-order valence-corrected chi connectivity index (χ1v) is 30.6. The van der Waals surface area contributed by atoms with Crippen molar-refractivity contribution in [2.45, 2.75) is 222 Å². The Morgan fingerprint density at radius 1 is 0.713 bits per heavy atom. The third-order valence-electron chi connectivity index (χ3n) is 23.7. The molecule has 2 N–H and O–H groups in total. The van der Waals surface area contributed by atoms with Gasteiger partial charge in [-0.05, 0) is 146 Å². The molecule has 5 aliphatic carbocycles. The summed E-state index contributed by atoms with van der Waals surface area (Å²) in [6, 6.07) is 18.8. The number of benzene rings is 2. The minimum atomic E-state index is -1.20. The second-order valence-electron chi connectivity index (χ2n) is 28.5. The van der Waals surface area contributed by atoms with Crippen molar-refractivity contribution in [2.24, 2.45) is 79.8 Å².